The molecule has 0 amide bonds. The third-order valence-electron chi connectivity index (χ3n) is 3.68. The van der Waals surface area contributed by atoms with E-state index >= 15 is 0 Å². The zero-order chi connectivity index (χ0) is 15.4. The van der Waals surface area contributed by atoms with E-state index in [9.17, 15) is 4.79 Å². The molecule has 0 aliphatic rings. The van der Waals surface area contributed by atoms with Crippen LogP contribution in [-0.2, 0) is 19.0 Å². The predicted molar refractivity (Wildman–Crippen MR) is 77.5 cm³/mol. The summed E-state index contributed by atoms with van der Waals surface area (Å²) in [4.78, 5) is 11.0. The Bertz CT molecular complexity index is 242. The van der Waals surface area contributed by atoms with Crippen LogP contribution < -0.4 is 0 Å². The molecule has 0 spiro atoms. The van der Waals surface area contributed by atoms with Gasteiger partial charge in [0.25, 0.3) is 5.97 Å². The van der Waals surface area contributed by atoms with E-state index in [2.05, 4.69) is 6.92 Å². The molecular formula is C15H30O5. The number of aliphatic carboxylic acids is 1. The highest BCUT2D eigenvalue weighted by molar-refractivity contribution is 5.67. The third-order valence-corrected chi connectivity index (χ3v) is 3.68. The summed E-state index contributed by atoms with van der Waals surface area (Å²) >= 11 is 0. The molecule has 0 heterocycles. The minimum atomic E-state index is -1.26. The highest BCUT2D eigenvalue weighted by Crippen LogP contribution is 2.31. The van der Waals surface area contributed by atoms with Crippen LogP contribution in [0.2, 0.25) is 0 Å². The lowest BCUT2D eigenvalue weighted by Gasteiger charge is -2.35. The van der Waals surface area contributed by atoms with Gasteiger partial charge in [-0.1, -0.05) is 45.4 Å². The molecule has 1 N–H and O–H groups in total. The van der Waals surface area contributed by atoms with Crippen LogP contribution in [0.25, 0.3) is 0 Å². The summed E-state index contributed by atoms with van der Waals surface area (Å²) < 4.78 is 15.9. The first-order chi connectivity index (χ1) is 9.56. The van der Waals surface area contributed by atoms with Crippen LogP contribution in [0, 0.1) is 5.92 Å². The molecule has 0 aromatic heterocycles. The van der Waals surface area contributed by atoms with Gasteiger partial charge in [-0.15, -0.1) is 0 Å². The first-order valence-electron chi connectivity index (χ1n) is 7.43. The molecule has 0 bridgehead atoms. The van der Waals surface area contributed by atoms with Crippen LogP contribution in [0.3, 0.4) is 0 Å². The standard InChI is InChI=1S/C15H30O5/c1-5-6-7-8-9-10-11-13(12-14(16)17)15(18-2,19-3)20-4/h13H,5-12H2,1-4H3,(H,16,17). The summed E-state index contributed by atoms with van der Waals surface area (Å²) in [5.41, 5.74) is 0. The van der Waals surface area contributed by atoms with Gasteiger partial charge in [0, 0.05) is 21.3 Å². The Morgan fingerprint density at radius 2 is 1.50 bits per heavy atom. The van der Waals surface area contributed by atoms with Crippen molar-refractivity contribution >= 4 is 5.97 Å². The molecule has 1 unspecified atom stereocenters. The number of rotatable bonds is 13. The van der Waals surface area contributed by atoms with Crippen molar-refractivity contribution in [1.29, 1.82) is 0 Å². The normalized spacial score (nSPS) is 13.4. The second-order valence-corrected chi connectivity index (χ2v) is 5.07. The van der Waals surface area contributed by atoms with Crippen LogP contribution in [-0.4, -0.2) is 38.4 Å². The van der Waals surface area contributed by atoms with E-state index in [4.69, 9.17) is 19.3 Å². The molecule has 5 heteroatoms. The van der Waals surface area contributed by atoms with Gasteiger partial charge in [0.15, 0.2) is 0 Å². The van der Waals surface area contributed by atoms with E-state index in [1.807, 2.05) is 0 Å². The first kappa shape index (κ1) is 19.4. The Labute approximate surface area is 122 Å². The quantitative estimate of drug-likeness (QED) is 0.416. The van der Waals surface area contributed by atoms with E-state index in [1.54, 1.807) is 0 Å². The van der Waals surface area contributed by atoms with Gasteiger partial charge in [0.2, 0.25) is 0 Å². The molecule has 5 nitrogen and oxygen atoms in total. The van der Waals surface area contributed by atoms with E-state index in [0.29, 0.717) is 6.42 Å². The Morgan fingerprint density at radius 1 is 1.00 bits per heavy atom. The van der Waals surface area contributed by atoms with Gasteiger partial charge in [-0.2, -0.15) is 0 Å². The Kier molecular flexibility index (Phi) is 10.7. The summed E-state index contributed by atoms with van der Waals surface area (Å²) in [7, 11) is 4.43. The summed E-state index contributed by atoms with van der Waals surface area (Å²) in [6.07, 6.45) is 7.66. The molecule has 0 aromatic carbocycles. The number of unbranched alkanes of at least 4 members (excludes halogenated alkanes) is 5. The summed E-state index contributed by atoms with van der Waals surface area (Å²) in [6.45, 7) is 2.19. The molecule has 0 saturated carbocycles. The highest BCUT2D eigenvalue weighted by atomic mass is 16.9. The third kappa shape index (κ3) is 6.68. The van der Waals surface area contributed by atoms with E-state index in [-0.39, 0.29) is 12.3 Å². The zero-order valence-electron chi connectivity index (χ0n) is 13.3. The van der Waals surface area contributed by atoms with Crippen molar-refractivity contribution in [1.82, 2.24) is 0 Å². The van der Waals surface area contributed by atoms with Gasteiger partial charge in [0.1, 0.15) is 0 Å². The Balaban J connectivity index is 4.37. The number of carboxylic acid groups (broad SMARTS) is 1. The van der Waals surface area contributed by atoms with E-state index in [0.717, 1.165) is 12.8 Å². The van der Waals surface area contributed by atoms with Crippen molar-refractivity contribution < 1.29 is 24.1 Å². The van der Waals surface area contributed by atoms with E-state index < -0.39 is 11.9 Å². The number of methoxy groups -OCH3 is 3. The number of hydrogen-bond acceptors (Lipinski definition) is 4. The van der Waals surface area contributed by atoms with Gasteiger partial charge in [-0.05, 0) is 6.42 Å². The second-order valence-electron chi connectivity index (χ2n) is 5.07. The number of carboxylic acids is 1. The molecule has 0 aliphatic carbocycles. The zero-order valence-corrected chi connectivity index (χ0v) is 13.3. The maximum Gasteiger partial charge on any atom is 0.303 e. The Morgan fingerprint density at radius 3 is 1.95 bits per heavy atom. The molecule has 0 radical (unpaired) electrons. The molecule has 0 aromatic rings. The van der Waals surface area contributed by atoms with Crippen LogP contribution in [0.15, 0.2) is 0 Å². The first-order valence-corrected chi connectivity index (χ1v) is 7.43. The lowest BCUT2D eigenvalue weighted by molar-refractivity contribution is -0.379. The van der Waals surface area contributed by atoms with Gasteiger partial charge in [-0.25, -0.2) is 0 Å². The molecule has 120 valence electrons. The van der Waals surface area contributed by atoms with Crippen LogP contribution in [0.1, 0.15) is 58.3 Å². The molecular weight excluding hydrogens is 260 g/mol. The molecule has 0 aliphatic heterocycles. The fraction of sp³-hybridized carbons (Fsp3) is 0.933. The van der Waals surface area contributed by atoms with Crippen molar-refractivity contribution in [3.8, 4) is 0 Å². The maximum atomic E-state index is 11.0. The summed E-state index contributed by atoms with van der Waals surface area (Å²) in [6, 6.07) is 0. The van der Waals surface area contributed by atoms with Crippen molar-refractivity contribution in [2.75, 3.05) is 21.3 Å². The monoisotopic (exact) mass is 290 g/mol. The van der Waals surface area contributed by atoms with Gasteiger partial charge < -0.3 is 19.3 Å². The Hall–Kier alpha value is -0.650. The van der Waals surface area contributed by atoms with Crippen molar-refractivity contribution in [2.45, 2.75) is 64.3 Å². The van der Waals surface area contributed by atoms with E-state index in [1.165, 1.54) is 47.0 Å². The predicted octanol–water partition coefficient (Wildman–Crippen LogP) is 3.42. The highest BCUT2D eigenvalue weighted by Gasteiger charge is 2.40. The number of hydrogen-bond donors (Lipinski definition) is 1. The minimum absolute atomic E-state index is 0.0233. The van der Waals surface area contributed by atoms with Gasteiger partial charge in [0.05, 0.1) is 12.3 Å². The lowest BCUT2D eigenvalue weighted by Crippen LogP contribution is -2.44. The van der Waals surface area contributed by atoms with Crippen LogP contribution >= 0.6 is 0 Å². The SMILES string of the molecule is CCCCCCCCC(CC(=O)O)C(OC)(OC)OC. The molecule has 20 heavy (non-hydrogen) atoms. The largest absolute Gasteiger partial charge is 0.481 e. The average Bonchev–Trinajstić information content (AvgIpc) is 2.44. The minimum Gasteiger partial charge on any atom is -0.481 e. The second kappa shape index (κ2) is 11.1. The van der Waals surface area contributed by atoms with Gasteiger partial charge in [-0.3, -0.25) is 4.79 Å². The van der Waals surface area contributed by atoms with Crippen molar-refractivity contribution in [3.63, 3.8) is 0 Å². The molecule has 0 fully saturated rings. The molecule has 0 saturated heterocycles. The number of ether oxygens (including phenoxy) is 3. The summed E-state index contributed by atoms with van der Waals surface area (Å²) in [5, 5.41) is 9.04. The number of carbonyl (C=O) groups is 1. The molecule has 0 rings (SSSR count). The average molecular weight is 290 g/mol. The van der Waals surface area contributed by atoms with Gasteiger partial charge >= 0.3 is 5.97 Å². The topological polar surface area (TPSA) is 65.0 Å². The van der Waals surface area contributed by atoms with Crippen molar-refractivity contribution in [3.05, 3.63) is 0 Å². The smallest absolute Gasteiger partial charge is 0.303 e. The fourth-order valence-electron chi connectivity index (χ4n) is 2.54. The molecule has 1 atom stereocenters. The lowest BCUT2D eigenvalue weighted by atomic mass is 9.94. The van der Waals surface area contributed by atoms with Crippen LogP contribution in [0.4, 0.5) is 0 Å². The fourth-order valence-corrected chi connectivity index (χ4v) is 2.54. The van der Waals surface area contributed by atoms with Crippen LogP contribution in [0.5, 0.6) is 0 Å². The van der Waals surface area contributed by atoms with Crippen molar-refractivity contribution in [2.24, 2.45) is 5.92 Å². The maximum absolute atomic E-state index is 11.0. The summed E-state index contributed by atoms with van der Waals surface area (Å²) in [5.74, 6) is -2.44.